The Labute approximate surface area is 139 Å². The Bertz CT molecular complexity index is 491. The lowest BCUT2D eigenvalue weighted by atomic mass is 10.0. The number of hydrogen-bond donors (Lipinski definition) is 1. The van der Waals surface area contributed by atoms with E-state index in [-0.39, 0.29) is 0 Å². The highest BCUT2D eigenvalue weighted by Crippen LogP contribution is 2.10. The fraction of sp³-hybridized carbons (Fsp3) is 0.250. The summed E-state index contributed by atoms with van der Waals surface area (Å²) in [5.41, 5.74) is -1.53. The second-order valence-electron chi connectivity index (χ2n) is 4.41. The molecular weight excluding hydrogens is 318 g/mol. The zero-order valence-electron chi connectivity index (χ0n) is 13.1. The highest BCUT2D eigenvalue weighted by molar-refractivity contribution is 5.88. The molecule has 0 spiro atoms. The van der Waals surface area contributed by atoms with Gasteiger partial charge >= 0.3 is 17.9 Å². The monoisotopic (exact) mass is 337 g/mol. The Kier molecular flexibility index (Phi) is 9.16. The van der Waals surface area contributed by atoms with Crippen molar-refractivity contribution in [2.45, 2.75) is 5.54 Å². The maximum Gasteiger partial charge on any atom is 0.330 e. The molecule has 8 nitrogen and oxygen atoms in total. The van der Waals surface area contributed by atoms with Crippen molar-refractivity contribution in [3.63, 3.8) is 0 Å². The molecule has 0 aromatic rings. The summed E-state index contributed by atoms with van der Waals surface area (Å²) in [6.45, 7) is 11.7. The zero-order valence-corrected chi connectivity index (χ0v) is 13.1. The number of amides is 1. The molecule has 0 aromatic heterocycles. The van der Waals surface area contributed by atoms with Gasteiger partial charge in [-0.25, -0.2) is 14.4 Å². The summed E-state index contributed by atoms with van der Waals surface area (Å²) < 4.78 is 14.7. The van der Waals surface area contributed by atoms with Crippen LogP contribution in [0, 0.1) is 0 Å². The fourth-order valence-electron chi connectivity index (χ4n) is 1.35. The second-order valence-corrected chi connectivity index (χ2v) is 4.41. The Morgan fingerprint density at radius 1 is 0.708 bits per heavy atom. The Balaban J connectivity index is 5.39. The first kappa shape index (κ1) is 20.8. The van der Waals surface area contributed by atoms with Crippen LogP contribution in [0.4, 0.5) is 0 Å². The lowest BCUT2D eigenvalue weighted by molar-refractivity contribution is -0.152. The number of carbonyl (C=O) groups is 4. The van der Waals surface area contributed by atoms with Crippen molar-refractivity contribution in [2.75, 3.05) is 19.8 Å². The van der Waals surface area contributed by atoms with E-state index in [9.17, 15) is 19.2 Å². The van der Waals surface area contributed by atoms with E-state index in [0.29, 0.717) is 0 Å². The molecule has 0 saturated heterocycles. The minimum absolute atomic E-state index is 0.452. The van der Waals surface area contributed by atoms with Crippen LogP contribution in [0.15, 0.2) is 50.6 Å². The Morgan fingerprint density at radius 3 is 1.29 bits per heavy atom. The van der Waals surface area contributed by atoms with Crippen molar-refractivity contribution in [1.29, 1.82) is 0 Å². The summed E-state index contributed by atoms with van der Waals surface area (Å²) in [5, 5.41) is 2.43. The number of rotatable bonds is 11. The number of nitrogens with one attached hydrogen (secondary N) is 1. The molecule has 0 radical (unpaired) electrons. The first-order valence-electron chi connectivity index (χ1n) is 6.64. The number of ether oxygens (including phenoxy) is 3. The minimum atomic E-state index is -1.53. The van der Waals surface area contributed by atoms with Crippen LogP contribution in [0.25, 0.3) is 0 Å². The number of esters is 3. The van der Waals surface area contributed by atoms with Crippen molar-refractivity contribution < 1.29 is 33.4 Å². The molecule has 0 fully saturated rings. The lowest BCUT2D eigenvalue weighted by Crippen LogP contribution is -2.59. The summed E-state index contributed by atoms with van der Waals surface area (Å²) in [5.74, 6) is -3.00. The predicted octanol–water partition coefficient (Wildman–Crippen LogP) is 0.215. The smallest absolute Gasteiger partial charge is 0.330 e. The summed E-state index contributed by atoms with van der Waals surface area (Å²) in [7, 11) is 0. The van der Waals surface area contributed by atoms with Gasteiger partial charge < -0.3 is 19.5 Å². The van der Waals surface area contributed by atoms with E-state index in [1.54, 1.807) is 0 Å². The van der Waals surface area contributed by atoms with Gasteiger partial charge in [-0.2, -0.15) is 0 Å². The Morgan fingerprint density at radius 2 is 1.04 bits per heavy atom. The summed E-state index contributed by atoms with van der Waals surface area (Å²) in [6, 6.07) is 0. The van der Waals surface area contributed by atoms with Crippen LogP contribution in [-0.2, 0) is 33.4 Å². The molecule has 130 valence electrons. The van der Waals surface area contributed by atoms with Gasteiger partial charge in [0.25, 0.3) is 0 Å². The van der Waals surface area contributed by atoms with Gasteiger partial charge in [-0.15, -0.1) is 0 Å². The maximum atomic E-state index is 11.7. The van der Waals surface area contributed by atoms with E-state index in [1.807, 2.05) is 0 Å². The van der Waals surface area contributed by atoms with Gasteiger partial charge in [0.05, 0.1) is 0 Å². The third-order valence-electron chi connectivity index (χ3n) is 2.55. The lowest BCUT2D eigenvalue weighted by Gasteiger charge is -2.32. The molecule has 0 aliphatic heterocycles. The molecule has 0 heterocycles. The van der Waals surface area contributed by atoms with Crippen molar-refractivity contribution in [3.05, 3.63) is 50.6 Å². The molecule has 0 aliphatic rings. The van der Waals surface area contributed by atoms with E-state index in [0.717, 1.165) is 24.3 Å². The molecule has 0 saturated carbocycles. The number of hydrogen-bond acceptors (Lipinski definition) is 7. The summed E-state index contributed by atoms with van der Waals surface area (Å²) >= 11 is 0. The molecule has 1 N–H and O–H groups in total. The van der Waals surface area contributed by atoms with Crippen LogP contribution in [-0.4, -0.2) is 49.2 Å². The number of carbonyl (C=O) groups excluding carboxylic acids is 4. The molecule has 8 heteroatoms. The van der Waals surface area contributed by atoms with Crippen molar-refractivity contribution >= 4 is 23.8 Å². The van der Waals surface area contributed by atoms with Crippen LogP contribution >= 0.6 is 0 Å². The van der Waals surface area contributed by atoms with Gasteiger partial charge in [-0.1, -0.05) is 26.3 Å². The van der Waals surface area contributed by atoms with E-state index >= 15 is 0 Å². The topological polar surface area (TPSA) is 108 Å². The molecule has 0 unspecified atom stereocenters. The molecule has 0 bridgehead atoms. The van der Waals surface area contributed by atoms with E-state index in [4.69, 9.17) is 14.2 Å². The van der Waals surface area contributed by atoms with E-state index < -0.39 is 49.2 Å². The van der Waals surface area contributed by atoms with Crippen molar-refractivity contribution in [3.8, 4) is 0 Å². The molecule has 0 rings (SSSR count). The van der Waals surface area contributed by atoms with Gasteiger partial charge in [0, 0.05) is 18.2 Å². The third-order valence-corrected chi connectivity index (χ3v) is 2.55. The highest BCUT2D eigenvalue weighted by atomic mass is 16.6. The van der Waals surface area contributed by atoms with Gasteiger partial charge in [-0.05, 0) is 6.08 Å². The molecule has 24 heavy (non-hydrogen) atoms. The average molecular weight is 337 g/mol. The average Bonchev–Trinajstić information content (AvgIpc) is 2.61. The van der Waals surface area contributed by atoms with Crippen molar-refractivity contribution in [2.24, 2.45) is 0 Å². The fourth-order valence-corrected chi connectivity index (χ4v) is 1.35. The first-order valence-corrected chi connectivity index (χ1v) is 6.64. The van der Waals surface area contributed by atoms with Crippen molar-refractivity contribution in [1.82, 2.24) is 5.32 Å². The molecule has 0 aliphatic carbocycles. The standard InChI is InChI=1S/C16H19NO7/c1-5-12(18)17-16(9-22-13(19)6-2,10-23-14(20)7-3)11-24-15(21)8-4/h5-8H,1-4,9-11H2,(H,17,18). The van der Waals surface area contributed by atoms with E-state index in [1.165, 1.54) is 0 Å². The molecular formula is C16H19NO7. The Hall–Kier alpha value is -3.16. The molecule has 0 aromatic carbocycles. The largest absolute Gasteiger partial charge is 0.460 e. The second kappa shape index (κ2) is 10.5. The maximum absolute atomic E-state index is 11.7. The van der Waals surface area contributed by atoms with Gasteiger partial charge in [-0.3, -0.25) is 4.79 Å². The first-order chi connectivity index (χ1) is 11.3. The minimum Gasteiger partial charge on any atom is -0.460 e. The molecule has 0 atom stereocenters. The van der Waals surface area contributed by atoms with Gasteiger partial charge in [0.2, 0.25) is 5.91 Å². The summed E-state index contributed by atoms with van der Waals surface area (Å²) in [6.07, 6.45) is 3.68. The van der Waals surface area contributed by atoms with Crippen LogP contribution in [0.1, 0.15) is 0 Å². The highest BCUT2D eigenvalue weighted by Gasteiger charge is 2.36. The van der Waals surface area contributed by atoms with Crippen LogP contribution in [0.2, 0.25) is 0 Å². The predicted molar refractivity (Wildman–Crippen MR) is 84.5 cm³/mol. The quantitative estimate of drug-likeness (QED) is 0.326. The SMILES string of the molecule is C=CC(=O)NC(COC(=O)C=C)(COC(=O)C=C)COC(=O)C=C. The van der Waals surface area contributed by atoms with Crippen LogP contribution < -0.4 is 5.32 Å². The third kappa shape index (κ3) is 7.74. The molecule has 1 amide bonds. The van der Waals surface area contributed by atoms with Crippen LogP contribution in [0.5, 0.6) is 0 Å². The van der Waals surface area contributed by atoms with Gasteiger partial charge in [0.15, 0.2) is 0 Å². The van der Waals surface area contributed by atoms with Crippen LogP contribution in [0.3, 0.4) is 0 Å². The normalized spacial score (nSPS) is 9.83. The zero-order chi connectivity index (χ0) is 18.6. The summed E-state index contributed by atoms with van der Waals surface area (Å²) in [4.78, 5) is 45.5. The van der Waals surface area contributed by atoms with E-state index in [2.05, 4.69) is 31.6 Å². The van der Waals surface area contributed by atoms with Gasteiger partial charge in [0.1, 0.15) is 25.4 Å².